The second-order valence-electron chi connectivity index (χ2n) is 5.30. The van der Waals surface area contributed by atoms with Crippen molar-refractivity contribution in [3.05, 3.63) is 65.2 Å². The average Bonchev–Trinajstić information content (AvgIpc) is 2.45. The fourth-order valence-electron chi connectivity index (χ4n) is 2.07. The van der Waals surface area contributed by atoms with E-state index in [0.29, 0.717) is 6.54 Å². The highest BCUT2D eigenvalue weighted by molar-refractivity contribution is 7.99. The van der Waals surface area contributed by atoms with Crippen LogP contribution in [0.25, 0.3) is 0 Å². The lowest BCUT2D eigenvalue weighted by atomic mass is 10.2. The van der Waals surface area contributed by atoms with Gasteiger partial charge in [-0.2, -0.15) is 0 Å². The molecule has 22 heavy (non-hydrogen) atoms. The van der Waals surface area contributed by atoms with Gasteiger partial charge in [0.2, 0.25) is 10.0 Å². The molecule has 118 valence electrons. The van der Waals surface area contributed by atoms with Crippen LogP contribution >= 0.6 is 11.8 Å². The van der Waals surface area contributed by atoms with Crippen LogP contribution in [0, 0.1) is 13.8 Å². The zero-order chi connectivity index (χ0) is 16.0. The van der Waals surface area contributed by atoms with Gasteiger partial charge in [0.15, 0.2) is 0 Å². The molecule has 0 atom stereocenters. The lowest BCUT2D eigenvalue weighted by molar-refractivity contribution is 0.583. The second-order valence-corrected chi connectivity index (χ2v) is 8.28. The molecule has 0 heterocycles. The van der Waals surface area contributed by atoms with Gasteiger partial charge in [-0.3, -0.25) is 0 Å². The van der Waals surface area contributed by atoms with Crippen LogP contribution in [0.15, 0.2) is 53.4 Å². The first-order chi connectivity index (χ1) is 10.4. The van der Waals surface area contributed by atoms with Gasteiger partial charge in [-0.05, 0) is 31.5 Å². The standard InChI is InChI=1S/C17H21NO2S2/c1-14-6-8-17(9-7-14)21-11-10-18-22(19,20)13-16-5-3-4-15(2)12-16/h3-9,12,18H,10-11,13H2,1-2H3. The van der Waals surface area contributed by atoms with E-state index < -0.39 is 10.0 Å². The molecule has 2 rings (SSSR count). The molecule has 0 saturated carbocycles. The van der Waals surface area contributed by atoms with Crippen LogP contribution in [-0.2, 0) is 15.8 Å². The molecule has 0 bridgehead atoms. The van der Waals surface area contributed by atoms with E-state index in [1.165, 1.54) is 5.56 Å². The van der Waals surface area contributed by atoms with Crippen LogP contribution < -0.4 is 4.72 Å². The molecule has 0 aliphatic rings. The predicted octanol–water partition coefficient (Wildman–Crippen LogP) is 3.52. The van der Waals surface area contributed by atoms with Crippen LogP contribution in [-0.4, -0.2) is 20.7 Å². The molecule has 0 amide bonds. The molecule has 2 aromatic carbocycles. The summed E-state index contributed by atoms with van der Waals surface area (Å²) in [6, 6.07) is 15.8. The third kappa shape index (κ3) is 5.83. The number of hydrogen-bond acceptors (Lipinski definition) is 3. The summed E-state index contributed by atoms with van der Waals surface area (Å²) in [4.78, 5) is 1.16. The molecule has 0 unspecified atom stereocenters. The number of sulfonamides is 1. The Morgan fingerprint density at radius 3 is 2.41 bits per heavy atom. The summed E-state index contributed by atoms with van der Waals surface area (Å²) in [5.74, 6) is 0.750. The zero-order valence-corrected chi connectivity index (χ0v) is 14.5. The fourth-order valence-corrected chi connectivity index (χ4v) is 4.10. The maximum atomic E-state index is 12.0. The Bertz CT molecular complexity index is 710. The van der Waals surface area contributed by atoms with Gasteiger partial charge in [-0.15, -0.1) is 11.8 Å². The van der Waals surface area contributed by atoms with Crippen LogP contribution in [0.5, 0.6) is 0 Å². The molecule has 5 heteroatoms. The lowest BCUT2D eigenvalue weighted by Gasteiger charge is -2.07. The van der Waals surface area contributed by atoms with Gasteiger partial charge >= 0.3 is 0 Å². The number of thioether (sulfide) groups is 1. The van der Waals surface area contributed by atoms with Crippen molar-refractivity contribution in [1.82, 2.24) is 4.72 Å². The van der Waals surface area contributed by atoms with Crippen molar-refractivity contribution in [3.8, 4) is 0 Å². The molecule has 1 N–H and O–H groups in total. The van der Waals surface area contributed by atoms with Gasteiger partial charge in [0, 0.05) is 17.2 Å². The Kier molecular flexibility index (Phi) is 6.06. The highest BCUT2D eigenvalue weighted by Gasteiger charge is 2.10. The molecular weight excluding hydrogens is 314 g/mol. The molecule has 0 fully saturated rings. The quantitative estimate of drug-likeness (QED) is 0.622. The first-order valence-electron chi connectivity index (χ1n) is 7.17. The number of aryl methyl sites for hydroxylation is 2. The van der Waals surface area contributed by atoms with Crippen molar-refractivity contribution in [1.29, 1.82) is 0 Å². The highest BCUT2D eigenvalue weighted by atomic mass is 32.2. The number of nitrogens with one attached hydrogen (secondary N) is 1. The number of benzene rings is 2. The Labute approximate surface area is 137 Å². The van der Waals surface area contributed by atoms with E-state index >= 15 is 0 Å². The lowest BCUT2D eigenvalue weighted by Crippen LogP contribution is -2.27. The predicted molar refractivity (Wildman–Crippen MR) is 93.7 cm³/mol. The summed E-state index contributed by atoms with van der Waals surface area (Å²) in [5, 5.41) is 0. The molecule has 2 aromatic rings. The molecular formula is C17H21NO2S2. The summed E-state index contributed by atoms with van der Waals surface area (Å²) in [6.07, 6.45) is 0. The van der Waals surface area contributed by atoms with Crippen molar-refractivity contribution < 1.29 is 8.42 Å². The molecule has 0 aliphatic heterocycles. The van der Waals surface area contributed by atoms with E-state index in [2.05, 4.69) is 29.0 Å². The van der Waals surface area contributed by atoms with Gasteiger partial charge in [0.05, 0.1) is 5.75 Å². The van der Waals surface area contributed by atoms with Gasteiger partial charge < -0.3 is 0 Å². The normalized spacial score (nSPS) is 11.5. The Balaban J connectivity index is 1.79. The minimum absolute atomic E-state index is 0.0316. The zero-order valence-electron chi connectivity index (χ0n) is 12.9. The smallest absolute Gasteiger partial charge is 0.214 e. The summed E-state index contributed by atoms with van der Waals surface area (Å²) in [6.45, 7) is 4.45. The monoisotopic (exact) mass is 335 g/mol. The summed E-state index contributed by atoms with van der Waals surface area (Å²) in [7, 11) is -3.28. The molecule has 3 nitrogen and oxygen atoms in total. The highest BCUT2D eigenvalue weighted by Crippen LogP contribution is 2.17. The first kappa shape index (κ1) is 17.1. The Morgan fingerprint density at radius 1 is 1.00 bits per heavy atom. The molecule has 0 aliphatic carbocycles. The maximum absolute atomic E-state index is 12.0. The minimum atomic E-state index is -3.28. The first-order valence-corrected chi connectivity index (χ1v) is 9.81. The van der Waals surface area contributed by atoms with Crippen LogP contribution in [0.2, 0.25) is 0 Å². The van der Waals surface area contributed by atoms with E-state index in [9.17, 15) is 8.42 Å². The van der Waals surface area contributed by atoms with Crippen LogP contribution in [0.3, 0.4) is 0 Å². The second kappa shape index (κ2) is 7.81. The number of hydrogen-bond donors (Lipinski definition) is 1. The summed E-state index contributed by atoms with van der Waals surface area (Å²) in [5.41, 5.74) is 3.12. The van der Waals surface area contributed by atoms with E-state index in [4.69, 9.17) is 0 Å². The average molecular weight is 335 g/mol. The Morgan fingerprint density at radius 2 is 1.73 bits per heavy atom. The van der Waals surface area contributed by atoms with Crippen LogP contribution in [0.1, 0.15) is 16.7 Å². The summed E-state index contributed by atoms with van der Waals surface area (Å²) < 4.78 is 26.8. The summed E-state index contributed by atoms with van der Waals surface area (Å²) >= 11 is 1.65. The van der Waals surface area contributed by atoms with Gasteiger partial charge in [-0.25, -0.2) is 13.1 Å². The molecule has 0 aromatic heterocycles. The van der Waals surface area contributed by atoms with Crippen molar-refractivity contribution in [2.75, 3.05) is 12.3 Å². The third-order valence-electron chi connectivity index (χ3n) is 3.15. The number of rotatable bonds is 7. The molecule has 0 radical (unpaired) electrons. The van der Waals surface area contributed by atoms with Gasteiger partial charge in [-0.1, -0.05) is 47.5 Å². The minimum Gasteiger partial charge on any atom is -0.214 e. The maximum Gasteiger partial charge on any atom is 0.215 e. The van der Waals surface area contributed by atoms with Crippen molar-refractivity contribution in [2.24, 2.45) is 0 Å². The molecule has 0 spiro atoms. The SMILES string of the molecule is Cc1ccc(SCCNS(=O)(=O)Cc2cccc(C)c2)cc1. The topological polar surface area (TPSA) is 46.2 Å². The van der Waals surface area contributed by atoms with E-state index in [-0.39, 0.29) is 5.75 Å². The van der Waals surface area contributed by atoms with Gasteiger partial charge in [0.25, 0.3) is 0 Å². The largest absolute Gasteiger partial charge is 0.215 e. The van der Waals surface area contributed by atoms with E-state index in [0.717, 1.165) is 21.8 Å². The third-order valence-corrected chi connectivity index (χ3v) is 5.52. The fraction of sp³-hybridized carbons (Fsp3) is 0.294. The van der Waals surface area contributed by atoms with E-state index in [1.807, 2.05) is 38.1 Å². The van der Waals surface area contributed by atoms with Crippen molar-refractivity contribution in [2.45, 2.75) is 24.5 Å². The van der Waals surface area contributed by atoms with Crippen molar-refractivity contribution in [3.63, 3.8) is 0 Å². The van der Waals surface area contributed by atoms with Crippen molar-refractivity contribution >= 4 is 21.8 Å². The van der Waals surface area contributed by atoms with E-state index in [1.54, 1.807) is 11.8 Å². The molecule has 0 saturated heterocycles. The Hall–Kier alpha value is -1.30. The van der Waals surface area contributed by atoms with Crippen LogP contribution in [0.4, 0.5) is 0 Å². The van der Waals surface area contributed by atoms with Gasteiger partial charge in [0.1, 0.15) is 0 Å².